The first kappa shape index (κ1) is 33.3. The summed E-state index contributed by atoms with van der Waals surface area (Å²) in [5, 5.41) is 0. The van der Waals surface area contributed by atoms with Crippen LogP contribution in [0.3, 0.4) is 0 Å². The molecule has 250 valence electrons. The van der Waals surface area contributed by atoms with Crippen LogP contribution in [0.2, 0.25) is 0 Å². The molecular formula is C40H43NO7. The predicted octanol–water partition coefficient (Wildman–Crippen LogP) is 7.71. The molecule has 0 amide bonds. The van der Waals surface area contributed by atoms with Crippen LogP contribution in [-0.2, 0) is 18.9 Å². The van der Waals surface area contributed by atoms with E-state index in [1.165, 1.54) is 6.20 Å². The largest absolute Gasteiger partial charge is 0.461 e. The van der Waals surface area contributed by atoms with E-state index in [9.17, 15) is 14.4 Å². The molecule has 8 nitrogen and oxygen atoms in total. The van der Waals surface area contributed by atoms with Gasteiger partial charge in [-0.15, -0.1) is 0 Å². The Morgan fingerprint density at radius 3 is 2.15 bits per heavy atom. The number of hydrogen-bond acceptors (Lipinski definition) is 8. The molecule has 0 radical (unpaired) electrons. The zero-order chi connectivity index (χ0) is 33.9. The third kappa shape index (κ3) is 6.99. The Morgan fingerprint density at radius 1 is 0.854 bits per heavy atom. The van der Waals surface area contributed by atoms with Gasteiger partial charge in [-0.2, -0.15) is 0 Å². The first-order chi connectivity index (χ1) is 23.1. The minimum Gasteiger partial charge on any atom is -0.461 e. The van der Waals surface area contributed by atoms with E-state index >= 15 is 0 Å². The number of carbonyl (C=O) groups excluding carboxylic acids is 3. The smallest absolute Gasteiger partial charge is 0.339 e. The van der Waals surface area contributed by atoms with E-state index in [0.717, 1.165) is 29.6 Å². The number of rotatable bonds is 7. The molecular weight excluding hydrogens is 606 g/mol. The molecule has 48 heavy (non-hydrogen) atoms. The van der Waals surface area contributed by atoms with Crippen LogP contribution in [0.1, 0.15) is 90.9 Å². The summed E-state index contributed by atoms with van der Waals surface area (Å²) in [6.07, 6.45) is 6.77. The van der Waals surface area contributed by atoms with E-state index in [4.69, 9.17) is 18.9 Å². The second kappa shape index (κ2) is 13.9. The van der Waals surface area contributed by atoms with Crippen LogP contribution in [0.4, 0.5) is 0 Å². The number of epoxide rings is 1. The van der Waals surface area contributed by atoms with Crippen molar-refractivity contribution >= 4 is 17.9 Å². The number of carbonyl (C=O) groups is 3. The van der Waals surface area contributed by atoms with Gasteiger partial charge >= 0.3 is 17.9 Å². The number of ether oxygens (including phenoxy) is 4. The van der Waals surface area contributed by atoms with Gasteiger partial charge in [-0.3, -0.25) is 4.98 Å². The minimum atomic E-state index is -0.965. The summed E-state index contributed by atoms with van der Waals surface area (Å²) >= 11 is 0. The van der Waals surface area contributed by atoms with Crippen molar-refractivity contribution < 1.29 is 33.3 Å². The Morgan fingerprint density at radius 2 is 1.50 bits per heavy atom. The van der Waals surface area contributed by atoms with Gasteiger partial charge in [0.25, 0.3) is 0 Å². The van der Waals surface area contributed by atoms with E-state index in [0.29, 0.717) is 36.0 Å². The lowest BCUT2D eigenvalue weighted by Gasteiger charge is -2.43. The summed E-state index contributed by atoms with van der Waals surface area (Å²) < 4.78 is 25.5. The van der Waals surface area contributed by atoms with Gasteiger partial charge in [0.05, 0.1) is 33.8 Å². The van der Waals surface area contributed by atoms with E-state index in [1.54, 1.807) is 66.9 Å². The zero-order valence-corrected chi connectivity index (χ0v) is 28.0. The van der Waals surface area contributed by atoms with Gasteiger partial charge < -0.3 is 18.9 Å². The monoisotopic (exact) mass is 649 g/mol. The van der Waals surface area contributed by atoms with Crippen molar-refractivity contribution in [2.24, 2.45) is 11.3 Å². The summed E-state index contributed by atoms with van der Waals surface area (Å²) in [5.74, 6) is -1.90. The highest BCUT2D eigenvalue weighted by molar-refractivity contribution is 5.90. The number of nitrogens with zero attached hydrogens (tertiary/aromatic N) is 1. The summed E-state index contributed by atoms with van der Waals surface area (Å²) in [6.45, 7) is 8.16. The molecule has 0 bridgehead atoms. The van der Waals surface area contributed by atoms with Crippen LogP contribution in [0.15, 0.2) is 108 Å². The molecule has 2 aliphatic carbocycles. The quantitative estimate of drug-likeness (QED) is 0.111. The van der Waals surface area contributed by atoms with E-state index in [2.05, 4.69) is 25.8 Å². The van der Waals surface area contributed by atoms with Crippen molar-refractivity contribution in [3.8, 4) is 0 Å². The normalized spacial score (nSPS) is 28.1. The molecule has 6 rings (SSSR count). The van der Waals surface area contributed by atoms with Crippen molar-refractivity contribution in [2.45, 2.75) is 83.7 Å². The van der Waals surface area contributed by atoms with Crippen LogP contribution < -0.4 is 0 Å². The Bertz CT molecular complexity index is 1700. The third-order valence-corrected chi connectivity index (χ3v) is 10.2. The SMILES string of the molecule is CC1=CC(OC(=O)c2ccccc2)C2(COC(=O)c3ccccc3)CCC(=C(C)C)C2C(OC(=O)c2cccnc2)CC2(C)OC2CC1. The Hall–Kier alpha value is -4.56. The molecule has 2 aromatic carbocycles. The van der Waals surface area contributed by atoms with Crippen molar-refractivity contribution in [3.05, 3.63) is 125 Å². The van der Waals surface area contributed by atoms with Gasteiger partial charge in [0.2, 0.25) is 0 Å². The number of allylic oxidation sites excluding steroid dienone is 2. The van der Waals surface area contributed by atoms with E-state index in [1.807, 2.05) is 25.1 Å². The van der Waals surface area contributed by atoms with E-state index in [-0.39, 0.29) is 12.7 Å². The zero-order valence-electron chi connectivity index (χ0n) is 28.0. The molecule has 6 unspecified atom stereocenters. The maximum absolute atomic E-state index is 13.8. The lowest BCUT2D eigenvalue weighted by Crippen LogP contribution is -2.50. The molecule has 1 aromatic heterocycles. The second-order valence-electron chi connectivity index (χ2n) is 13.7. The average molecular weight is 650 g/mol. The number of pyridine rings is 1. The van der Waals surface area contributed by atoms with Gasteiger partial charge in [0.1, 0.15) is 18.8 Å². The maximum atomic E-state index is 13.8. The standard InChI is InChI=1S/C40H43NO7/c1-26(2)31-19-20-40(25-45-36(42)28-12-7-5-8-13-28)34(47-37(43)29-14-9-6-10-15-29)22-27(3)17-18-33-39(4,48-33)23-32(35(31)40)46-38(44)30-16-11-21-41-24-30/h5-16,21-22,24,32-35H,17-20,23,25H2,1-4H3. The summed E-state index contributed by atoms with van der Waals surface area (Å²) in [5.41, 5.74) is 2.94. The first-order valence-corrected chi connectivity index (χ1v) is 16.7. The fourth-order valence-electron chi connectivity index (χ4n) is 7.53. The number of fused-ring (bicyclic) bond motifs is 2. The second-order valence-corrected chi connectivity index (χ2v) is 13.7. The highest BCUT2D eigenvalue weighted by Gasteiger charge is 2.61. The molecule has 0 spiro atoms. The van der Waals surface area contributed by atoms with Crippen LogP contribution >= 0.6 is 0 Å². The Kier molecular flexibility index (Phi) is 9.65. The van der Waals surface area contributed by atoms with Gasteiger partial charge in [-0.1, -0.05) is 53.1 Å². The van der Waals surface area contributed by atoms with Crippen LogP contribution in [0.5, 0.6) is 0 Å². The number of benzene rings is 2. The van der Waals surface area contributed by atoms with Gasteiger partial charge in [-0.05, 0) is 95.9 Å². The van der Waals surface area contributed by atoms with Crippen molar-refractivity contribution in [1.82, 2.24) is 4.98 Å². The fraction of sp³-hybridized carbons (Fsp3) is 0.400. The molecule has 0 N–H and O–H groups in total. The van der Waals surface area contributed by atoms with Gasteiger partial charge in [0.15, 0.2) is 0 Å². The van der Waals surface area contributed by atoms with Crippen molar-refractivity contribution in [1.29, 1.82) is 0 Å². The Balaban J connectivity index is 1.49. The van der Waals surface area contributed by atoms with Crippen molar-refractivity contribution in [2.75, 3.05) is 6.61 Å². The topological polar surface area (TPSA) is 104 Å². The molecule has 1 saturated carbocycles. The average Bonchev–Trinajstić information content (AvgIpc) is 3.57. The number of hydrogen-bond donors (Lipinski definition) is 0. The summed E-state index contributed by atoms with van der Waals surface area (Å²) in [6, 6.07) is 21.1. The summed E-state index contributed by atoms with van der Waals surface area (Å²) in [7, 11) is 0. The van der Waals surface area contributed by atoms with Crippen LogP contribution in [0.25, 0.3) is 0 Å². The van der Waals surface area contributed by atoms with Crippen molar-refractivity contribution in [3.63, 3.8) is 0 Å². The molecule has 1 aliphatic heterocycles. The molecule has 3 aromatic rings. The maximum Gasteiger partial charge on any atom is 0.339 e. The molecule has 8 heteroatoms. The van der Waals surface area contributed by atoms with Crippen LogP contribution in [-0.4, -0.2) is 53.4 Å². The summed E-state index contributed by atoms with van der Waals surface area (Å²) in [4.78, 5) is 45.2. The van der Waals surface area contributed by atoms with E-state index < -0.39 is 47.0 Å². The minimum absolute atomic E-state index is 0.00859. The van der Waals surface area contributed by atoms with Crippen LogP contribution in [0, 0.1) is 11.3 Å². The third-order valence-electron chi connectivity index (χ3n) is 10.2. The Labute approximate surface area is 282 Å². The van der Waals surface area contributed by atoms with Gasteiger partial charge in [-0.25, -0.2) is 14.4 Å². The molecule has 3 aliphatic rings. The number of esters is 3. The molecule has 6 atom stereocenters. The lowest BCUT2D eigenvalue weighted by molar-refractivity contribution is -0.0796. The highest BCUT2D eigenvalue weighted by atomic mass is 16.6. The highest BCUT2D eigenvalue weighted by Crippen LogP contribution is 2.57. The number of aromatic nitrogens is 1. The lowest BCUT2D eigenvalue weighted by atomic mass is 9.68. The molecule has 2 heterocycles. The predicted molar refractivity (Wildman–Crippen MR) is 180 cm³/mol. The molecule has 1 saturated heterocycles. The fourth-order valence-corrected chi connectivity index (χ4v) is 7.53. The van der Waals surface area contributed by atoms with Gasteiger partial charge in [0, 0.05) is 24.7 Å². The first-order valence-electron chi connectivity index (χ1n) is 16.7. The molecule has 2 fully saturated rings.